The van der Waals surface area contributed by atoms with E-state index in [0.29, 0.717) is 22.3 Å². The molecule has 3 N–H and O–H groups in total. The second kappa shape index (κ2) is 5.82. The molecule has 0 fully saturated rings. The number of fused-ring (bicyclic) bond motifs is 1. The third kappa shape index (κ3) is 2.74. The highest BCUT2D eigenvalue weighted by Crippen LogP contribution is 2.26. The van der Waals surface area contributed by atoms with Gasteiger partial charge in [-0.25, -0.2) is 8.78 Å². The number of aromatic nitrogens is 4. The van der Waals surface area contributed by atoms with Gasteiger partial charge in [0.15, 0.2) is 11.6 Å². The molecule has 3 heterocycles. The molecule has 3 aromatic heterocycles. The van der Waals surface area contributed by atoms with Gasteiger partial charge in [0.25, 0.3) is 5.91 Å². The maximum atomic E-state index is 13.4. The fraction of sp³-hybridized carbons (Fsp3) is 0. The van der Waals surface area contributed by atoms with Gasteiger partial charge in [-0.3, -0.25) is 14.9 Å². The molecule has 0 spiro atoms. The number of hydrogen-bond acceptors (Lipinski definition) is 3. The van der Waals surface area contributed by atoms with Gasteiger partial charge in [0.2, 0.25) is 0 Å². The minimum absolute atomic E-state index is 0.240. The smallest absolute Gasteiger partial charge is 0.273 e. The third-order valence-electron chi connectivity index (χ3n) is 3.77. The minimum atomic E-state index is -0.982. The van der Waals surface area contributed by atoms with Crippen molar-refractivity contribution in [1.82, 2.24) is 20.2 Å². The average Bonchev–Trinajstić information content (AvgIpc) is 3.25. The van der Waals surface area contributed by atoms with E-state index in [0.717, 1.165) is 17.7 Å². The summed E-state index contributed by atoms with van der Waals surface area (Å²) in [7, 11) is 0. The number of aromatic amines is 2. The first-order chi connectivity index (χ1) is 12.1. The number of halogens is 2. The van der Waals surface area contributed by atoms with Crippen molar-refractivity contribution in [3.05, 3.63) is 66.3 Å². The van der Waals surface area contributed by atoms with E-state index in [9.17, 15) is 13.6 Å². The van der Waals surface area contributed by atoms with E-state index in [1.165, 1.54) is 6.20 Å². The van der Waals surface area contributed by atoms with E-state index >= 15 is 0 Å². The Morgan fingerprint density at radius 2 is 1.84 bits per heavy atom. The summed E-state index contributed by atoms with van der Waals surface area (Å²) in [5, 5.41) is 9.78. The lowest BCUT2D eigenvalue weighted by molar-refractivity contribution is 0.102. The molecule has 4 rings (SSSR count). The van der Waals surface area contributed by atoms with Gasteiger partial charge in [0, 0.05) is 35.6 Å². The highest BCUT2D eigenvalue weighted by atomic mass is 19.2. The number of nitrogens with one attached hydrogen (secondary N) is 3. The Labute approximate surface area is 139 Å². The van der Waals surface area contributed by atoms with Crippen molar-refractivity contribution in [2.24, 2.45) is 0 Å². The molecule has 0 bridgehead atoms. The largest absolute Gasteiger partial charge is 0.359 e. The summed E-state index contributed by atoms with van der Waals surface area (Å²) in [6, 6.07) is 7.22. The van der Waals surface area contributed by atoms with Crippen LogP contribution in [0.2, 0.25) is 0 Å². The lowest BCUT2D eigenvalue weighted by Gasteiger charge is -2.02. The van der Waals surface area contributed by atoms with Crippen LogP contribution in [0.3, 0.4) is 0 Å². The maximum absolute atomic E-state index is 13.4. The molecule has 6 nitrogen and oxygen atoms in total. The van der Waals surface area contributed by atoms with E-state index in [1.807, 2.05) is 0 Å². The predicted octanol–water partition coefficient (Wildman–Crippen LogP) is 3.48. The molecule has 0 saturated carbocycles. The quantitative estimate of drug-likeness (QED) is 0.534. The average molecular weight is 339 g/mol. The zero-order chi connectivity index (χ0) is 17.4. The van der Waals surface area contributed by atoms with Crippen LogP contribution in [-0.2, 0) is 0 Å². The molecule has 8 heteroatoms. The van der Waals surface area contributed by atoms with Gasteiger partial charge in [-0.15, -0.1) is 0 Å². The molecule has 1 amide bonds. The summed E-state index contributed by atoms with van der Waals surface area (Å²) in [5.41, 5.74) is 2.38. The van der Waals surface area contributed by atoms with E-state index in [4.69, 9.17) is 0 Å². The molecule has 0 atom stereocenters. The van der Waals surface area contributed by atoms with Gasteiger partial charge in [-0.2, -0.15) is 5.10 Å². The number of carbonyl (C=O) groups excluding carboxylic acids is 1. The van der Waals surface area contributed by atoms with Gasteiger partial charge in [0.1, 0.15) is 5.69 Å². The normalized spacial score (nSPS) is 11.0. The summed E-state index contributed by atoms with van der Waals surface area (Å²) in [4.78, 5) is 19.1. The zero-order valence-electron chi connectivity index (χ0n) is 12.7. The Kier molecular flexibility index (Phi) is 3.50. The summed E-state index contributed by atoms with van der Waals surface area (Å²) in [5.74, 6) is -2.38. The van der Waals surface area contributed by atoms with Crippen molar-refractivity contribution in [2.75, 3.05) is 5.32 Å². The van der Waals surface area contributed by atoms with E-state index in [-0.39, 0.29) is 5.69 Å². The number of anilines is 1. The Morgan fingerprint density at radius 1 is 1.08 bits per heavy atom. The molecule has 4 aromatic rings. The summed E-state index contributed by atoms with van der Waals surface area (Å²) >= 11 is 0. The summed E-state index contributed by atoms with van der Waals surface area (Å²) < 4.78 is 26.7. The molecular weight excluding hydrogens is 328 g/mol. The Morgan fingerprint density at radius 3 is 2.64 bits per heavy atom. The molecule has 0 radical (unpaired) electrons. The second-order valence-corrected chi connectivity index (χ2v) is 5.37. The number of nitrogens with zero attached hydrogens (tertiary/aromatic N) is 2. The zero-order valence-corrected chi connectivity index (χ0v) is 12.7. The van der Waals surface area contributed by atoms with Crippen LogP contribution in [0, 0.1) is 11.6 Å². The Balaban J connectivity index is 1.61. The van der Waals surface area contributed by atoms with Gasteiger partial charge in [-0.1, -0.05) is 0 Å². The fourth-order valence-electron chi connectivity index (χ4n) is 2.52. The molecule has 0 saturated heterocycles. The second-order valence-electron chi connectivity index (χ2n) is 5.37. The first-order valence-electron chi connectivity index (χ1n) is 7.35. The molecule has 0 unspecified atom stereocenters. The van der Waals surface area contributed by atoms with Crippen LogP contribution >= 0.6 is 0 Å². The topological polar surface area (TPSA) is 86.5 Å². The Hall–Kier alpha value is -3.55. The SMILES string of the molecule is O=C(Nc1c[nH]c2cc(F)c(F)cc12)c1cc(-c2ccncc2)n[nH]1. The monoisotopic (exact) mass is 339 g/mol. The van der Waals surface area contributed by atoms with Crippen LogP contribution in [0.1, 0.15) is 10.5 Å². The number of benzene rings is 1. The van der Waals surface area contributed by atoms with Crippen molar-refractivity contribution in [2.45, 2.75) is 0 Å². The van der Waals surface area contributed by atoms with Gasteiger partial charge >= 0.3 is 0 Å². The van der Waals surface area contributed by atoms with Crippen LogP contribution < -0.4 is 5.32 Å². The van der Waals surface area contributed by atoms with E-state index in [2.05, 4.69) is 25.5 Å². The molecule has 1 aromatic carbocycles. The molecule has 0 aliphatic rings. The van der Waals surface area contributed by atoms with Gasteiger partial charge < -0.3 is 10.3 Å². The number of hydrogen-bond donors (Lipinski definition) is 3. The van der Waals surface area contributed by atoms with Crippen molar-refractivity contribution < 1.29 is 13.6 Å². The van der Waals surface area contributed by atoms with Crippen LogP contribution in [0.5, 0.6) is 0 Å². The first-order valence-corrected chi connectivity index (χ1v) is 7.35. The summed E-state index contributed by atoms with van der Waals surface area (Å²) in [6.45, 7) is 0. The van der Waals surface area contributed by atoms with Crippen molar-refractivity contribution in [3.63, 3.8) is 0 Å². The molecule has 25 heavy (non-hydrogen) atoms. The number of amides is 1. The van der Waals surface area contributed by atoms with Crippen LogP contribution in [-0.4, -0.2) is 26.1 Å². The van der Waals surface area contributed by atoms with Crippen molar-refractivity contribution in [3.8, 4) is 11.3 Å². The standard InChI is InChI=1S/C17H11F2N5O/c18-11-5-10-14(6-12(11)19)21-8-16(10)22-17(25)15-7-13(23-24-15)9-1-3-20-4-2-9/h1-8,21H,(H,22,25)(H,23,24). The van der Waals surface area contributed by atoms with Crippen molar-refractivity contribution >= 4 is 22.5 Å². The van der Waals surface area contributed by atoms with Gasteiger partial charge in [-0.05, 0) is 24.3 Å². The fourth-order valence-corrected chi connectivity index (χ4v) is 2.52. The van der Waals surface area contributed by atoms with Gasteiger partial charge in [0.05, 0.1) is 16.9 Å². The third-order valence-corrected chi connectivity index (χ3v) is 3.77. The van der Waals surface area contributed by atoms with E-state index in [1.54, 1.807) is 30.6 Å². The number of H-pyrrole nitrogens is 2. The van der Waals surface area contributed by atoms with E-state index < -0.39 is 17.5 Å². The predicted molar refractivity (Wildman–Crippen MR) is 88.0 cm³/mol. The number of rotatable bonds is 3. The molecule has 124 valence electrons. The number of carbonyl (C=O) groups is 1. The van der Waals surface area contributed by atoms with Crippen LogP contribution in [0.4, 0.5) is 14.5 Å². The maximum Gasteiger partial charge on any atom is 0.273 e. The lowest BCUT2D eigenvalue weighted by atomic mass is 10.2. The van der Waals surface area contributed by atoms with Crippen molar-refractivity contribution in [1.29, 1.82) is 0 Å². The molecule has 0 aliphatic carbocycles. The first kappa shape index (κ1) is 15.0. The minimum Gasteiger partial charge on any atom is -0.359 e. The summed E-state index contributed by atoms with van der Waals surface area (Å²) in [6.07, 6.45) is 4.73. The number of pyridine rings is 1. The van der Waals surface area contributed by atoms with Crippen LogP contribution in [0.25, 0.3) is 22.2 Å². The highest BCUT2D eigenvalue weighted by molar-refractivity contribution is 6.08. The molecule has 0 aliphatic heterocycles. The lowest BCUT2D eigenvalue weighted by Crippen LogP contribution is -2.12. The van der Waals surface area contributed by atoms with Crippen LogP contribution in [0.15, 0.2) is 48.9 Å². The highest BCUT2D eigenvalue weighted by Gasteiger charge is 2.15. The Bertz CT molecular complexity index is 1070. The molecular formula is C17H11F2N5O.